The molecule has 0 amide bonds. The number of unbranched alkanes of at least 4 members (excludes halogenated alkanes) is 3. The Morgan fingerprint density at radius 1 is 1.06 bits per heavy atom. The van der Waals surface area contributed by atoms with E-state index in [1.807, 2.05) is 6.08 Å². The van der Waals surface area contributed by atoms with Gasteiger partial charge in [0.05, 0.1) is 6.61 Å². The van der Waals surface area contributed by atoms with Gasteiger partial charge in [-0.1, -0.05) is 81.4 Å². The van der Waals surface area contributed by atoms with Crippen LogP contribution in [0.3, 0.4) is 0 Å². The van der Waals surface area contributed by atoms with Crippen molar-refractivity contribution in [2.24, 2.45) is 5.92 Å². The van der Waals surface area contributed by atoms with Gasteiger partial charge in [0.1, 0.15) is 0 Å². The van der Waals surface area contributed by atoms with E-state index in [1.165, 1.54) is 24.8 Å². The van der Waals surface area contributed by atoms with Gasteiger partial charge in [-0.05, 0) is 32.1 Å². The van der Waals surface area contributed by atoms with Gasteiger partial charge in [0.2, 0.25) is 5.78 Å². The molecule has 0 N–H and O–H groups in total. The number of esters is 1. The SMILES string of the molecule is CCCCCCOC(=O)C12OC1(CC=C(C)C1CCCCC1)C(=O)c1ccccc1C2=O. The molecule has 1 heterocycles. The number of ether oxygens (including phenoxy) is 2. The van der Waals surface area contributed by atoms with Crippen LogP contribution in [-0.4, -0.2) is 35.3 Å². The van der Waals surface area contributed by atoms with Crippen LogP contribution in [0.2, 0.25) is 0 Å². The van der Waals surface area contributed by atoms with Crippen LogP contribution in [0.15, 0.2) is 35.9 Å². The number of ketones is 2. The molecule has 2 atom stereocenters. The van der Waals surface area contributed by atoms with Crippen LogP contribution < -0.4 is 0 Å². The van der Waals surface area contributed by atoms with E-state index in [2.05, 4.69) is 13.8 Å². The molecule has 172 valence electrons. The Hall–Kier alpha value is -2.27. The summed E-state index contributed by atoms with van der Waals surface area (Å²) in [5, 5.41) is 0. The van der Waals surface area contributed by atoms with Crippen molar-refractivity contribution in [3.8, 4) is 0 Å². The van der Waals surface area contributed by atoms with E-state index in [0.29, 0.717) is 11.5 Å². The molecule has 0 radical (unpaired) electrons. The second kappa shape index (κ2) is 9.30. The zero-order valence-corrected chi connectivity index (χ0v) is 19.3. The number of hydrogen-bond donors (Lipinski definition) is 0. The van der Waals surface area contributed by atoms with Crippen LogP contribution >= 0.6 is 0 Å². The minimum atomic E-state index is -1.84. The Labute approximate surface area is 190 Å². The first-order valence-electron chi connectivity index (χ1n) is 12.2. The highest BCUT2D eigenvalue weighted by Crippen LogP contribution is 2.58. The largest absolute Gasteiger partial charge is 0.463 e. The fourth-order valence-corrected chi connectivity index (χ4v) is 5.36. The third-order valence-electron chi connectivity index (χ3n) is 7.44. The Morgan fingerprint density at radius 3 is 2.44 bits per heavy atom. The van der Waals surface area contributed by atoms with Crippen LogP contribution in [0.25, 0.3) is 0 Å². The minimum absolute atomic E-state index is 0.221. The predicted octanol–water partition coefficient (Wildman–Crippen LogP) is 5.61. The molecule has 5 nitrogen and oxygen atoms in total. The first-order valence-corrected chi connectivity index (χ1v) is 12.2. The molecule has 1 aromatic carbocycles. The van der Waals surface area contributed by atoms with Crippen molar-refractivity contribution >= 4 is 17.5 Å². The Balaban J connectivity index is 1.59. The summed E-state index contributed by atoms with van der Waals surface area (Å²) in [6, 6.07) is 6.69. The molecule has 1 saturated heterocycles. The van der Waals surface area contributed by atoms with Crippen LogP contribution in [0, 0.1) is 5.92 Å². The van der Waals surface area contributed by atoms with E-state index in [1.54, 1.807) is 24.3 Å². The van der Waals surface area contributed by atoms with Crippen LogP contribution in [0.4, 0.5) is 0 Å². The third-order valence-corrected chi connectivity index (χ3v) is 7.44. The number of rotatable bonds is 9. The van der Waals surface area contributed by atoms with E-state index >= 15 is 0 Å². The lowest BCUT2D eigenvalue weighted by Gasteiger charge is -2.25. The molecular weight excluding hydrogens is 404 g/mol. The van der Waals surface area contributed by atoms with Crippen molar-refractivity contribution in [2.75, 3.05) is 6.61 Å². The molecule has 2 unspecified atom stereocenters. The maximum atomic E-state index is 13.5. The first-order chi connectivity index (χ1) is 15.5. The quantitative estimate of drug-likeness (QED) is 0.165. The monoisotopic (exact) mass is 438 g/mol. The third kappa shape index (κ3) is 3.75. The molecule has 4 rings (SSSR count). The summed E-state index contributed by atoms with van der Waals surface area (Å²) in [4.78, 5) is 40.2. The van der Waals surface area contributed by atoms with Gasteiger partial charge in [0.25, 0.3) is 5.60 Å². The van der Waals surface area contributed by atoms with Gasteiger partial charge in [0.15, 0.2) is 11.4 Å². The average molecular weight is 439 g/mol. The fourth-order valence-electron chi connectivity index (χ4n) is 5.36. The second-order valence-electron chi connectivity index (χ2n) is 9.50. The fraction of sp³-hybridized carbons (Fsp3) is 0.593. The number of epoxide rings is 1. The van der Waals surface area contributed by atoms with E-state index in [4.69, 9.17) is 9.47 Å². The molecule has 1 aromatic rings. The highest BCUT2D eigenvalue weighted by molar-refractivity contribution is 6.32. The molecule has 1 saturated carbocycles. The Bertz CT molecular complexity index is 926. The minimum Gasteiger partial charge on any atom is -0.463 e. The lowest BCUT2D eigenvalue weighted by atomic mass is 9.72. The molecule has 32 heavy (non-hydrogen) atoms. The van der Waals surface area contributed by atoms with Gasteiger partial charge in [-0.3, -0.25) is 9.59 Å². The molecule has 0 bridgehead atoms. The Kier molecular flexibility index (Phi) is 6.66. The van der Waals surface area contributed by atoms with Gasteiger partial charge in [-0.25, -0.2) is 4.79 Å². The summed E-state index contributed by atoms with van der Waals surface area (Å²) < 4.78 is 11.4. The van der Waals surface area contributed by atoms with Gasteiger partial charge in [-0.2, -0.15) is 0 Å². The zero-order chi connectivity index (χ0) is 22.8. The maximum absolute atomic E-state index is 13.5. The maximum Gasteiger partial charge on any atom is 0.350 e. The average Bonchev–Trinajstić information content (AvgIpc) is 3.53. The molecule has 2 fully saturated rings. The lowest BCUT2D eigenvalue weighted by molar-refractivity contribution is -0.148. The number of carbonyl (C=O) groups excluding carboxylic acids is 3. The Morgan fingerprint density at radius 2 is 1.75 bits per heavy atom. The van der Waals surface area contributed by atoms with Gasteiger partial charge in [-0.15, -0.1) is 0 Å². The molecule has 0 aromatic heterocycles. The number of allylic oxidation sites excluding steroid dienone is 1. The lowest BCUT2D eigenvalue weighted by Crippen LogP contribution is -2.50. The van der Waals surface area contributed by atoms with Gasteiger partial charge in [0, 0.05) is 17.5 Å². The van der Waals surface area contributed by atoms with Crippen molar-refractivity contribution < 1.29 is 23.9 Å². The topological polar surface area (TPSA) is 73.0 Å². The number of hydrogen-bond acceptors (Lipinski definition) is 5. The van der Waals surface area contributed by atoms with E-state index in [0.717, 1.165) is 38.5 Å². The van der Waals surface area contributed by atoms with Crippen LogP contribution in [0.5, 0.6) is 0 Å². The van der Waals surface area contributed by atoms with Gasteiger partial charge >= 0.3 is 5.97 Å². The summed E-state index contributed by atoms with van der Waals surface area (Å²) in [6.07, 6.45) is 12.1. The van der Waals surface area contributed by atoms with Crippen LogP contribution in [-0.2, 0) is 14.3 Å². The number of fused-ring (bicyclic) bond motifs is 2. The predicted molar refractivity (Wildman–Crippen MR) is 122 cm³/mol. The summed E-state index contributed by atoms with van der Waals surface area (Å²) in [5.74, 6) is -0.954. The number of benzene rings is 1. The zero-order valence-electron chi connectivity index (χ0n) is 19.3. The number of carbonyl (C=O) groups is 3. The van der Waals surface area contributed by atoms with Crippen LogP contribution in [0.1, 0.15) is 98.8 Å². The highest BCUT2D eigenvalue weighted by atomic mass is 16.7. The van der Waals surface area contributed by atoms with E-state index < -0.39 is 23.0 Å². The molecular formula is C27H34O5. The van der Waals surface area contributed by atoms with Crippen molar-refractivity contribution in [2.45, 2.75) is 89.3 Å². The summed E-state index contributed by atoms with van der Waals surface area (Å²) in [7, 11) is 0. The normalized spacial score (nSPS) is 27.6. The smallest absolute Gasteiger partial charge is 0.350 e. The standard InChI is InChI=1S/C27H34O5/c1-3-4-5-11-18-31-25(30)27-24(29)22-15-10-9-14-21(22)23(28)26(27,32-27)17-16-19(2)20-12-7-6-8-13-20/h9-10,14-16,20H,3-8,11-13,17-18H2,1-2H3. The second-order valence-corrected chi connectivity index (χ2v) is 9.50. The molecule has 1 aliphatic heterocycles. The van der Waals surface area contributed by atoms with Crippen molar-refractivity contribution in [1.29, 1.82) is 0 Å². The van der Waals surface area contributed by atoms with Gasteiger partial charge < -0.3 is 9.47 Å². The summed E-state index contributed by atoms with van der Waals surface area (Å²) in [5.41, 5.74) is -1.51. The summed E-state index contributed by atoms with van der Waals surface area (Å²) >= 11 is 0. The first kappa shape index (κ1) is 22.9. The molecule has 0 spiro atoms. The highest BCUT2D eigenvalue weighted by Gasteiger charge is 2.85. The van der Waals surface area contributed by atoms with Crippen molar-refractivity contribution in [3.63, 3.8) is 0 Å². The molecule has 3 aliphatic rings. The van der Waals surface area contributed by atoms with Crippen molar-refractivity contribution in [3.05, 3.63) is 47.0 Å². The molecule has 5 heteroatoms. The van der Waals surface area contributed by atoms with Crippen molar-refractivity contribution in [1.82, 2.24) is 0 Å². The van der Waals surface area contributed by atoms with E-state index in [-0.39, 0.29) is 24.4 Å². The number of Topliss-reactive ketones (excluding diaryl/α,β-unsaturated/α-hetero) is 2. The van der Waals surface area contributed by atoms with E-state index in [9.17, 15) is 14.4 Å². The summed E-state index contributed by atoms with van der Waals surface area (Å²) in [6.45, 7) is 4.44. The molecule has 2 aliphatic carbocycles.